The molecular weight excluding hydrogens is 232 g/mol. The van der Waals surface area contributed by atoms with Crippen molar-refractivity contribution in [2.75, 3.05) is 25.5 Å². The van der Waals surface area contributed by atoms with Crippen LogP contribution in [-0.2, 0) is 9.59 Å². The summed E-state index contributed by atoms with van der Waals surface area (Å²) in [4.78, 5) is 25.1. The van der Waals surface area contributed by atoms with Gasteiger partial charge in [0.15, 0.2) is 0 Å². The average Bonchev–Trinajstić information content (AvgIpc) is 2.92. The second-order valence-electron chi connectivity index (χ2n) is 4.18. The quantitative estimate of drug-likeness (QED) is 0.801. The molecule has 96 valence electrons. The van der Waals surface area contributed by atoms with Crippen LogP contribution < -0.4 is 10.1 Å². The molecule has 0 aromatic heterocycles. The number of hydrogen-bond donors (Lipinski definition) is 1. The van der Waals surface area contributed by atoms with E-state index in [1.807, 2.05) is 0 Å². The molecule has 0 radical (unpaired) electrons. The summed E-state index contributed by atoms with van der Waals surface area (Å²) in [6.07, 6.45) is 1.95. The van der Waals surface area contributed by atoms with Crippen LogP contribution in [0.15, 0.2) is 24.3 Å². The first-order valence-corrected chi connectivity index (χ1v) is 5.95. The van der Waals surface area contributed by atoms with E-state index in [1.54, 1.807) is 36.3 Å². The van der Waals surface area contributed by atoms with Gasteiger partial charge < -0.3 is 15.0 Å². The standard InChI is InChI=1S/C13H16N2O3/c1-18-11-6-4-10(5-7-11)14-12(16)13(17)15-8-2-3-9-15/h4-7H,2-3,8-9H2,1H3,(H,14,16). The Hall–Kier alpha value is -2.04. The Morgan fingerprint density at radius 1 is 1.17 bits per heavy atom. The molecule has 0 aliphatic carbocycles. The zero-order valence-electron chi connectivity index (χ0n) is 10.3. The number of carbonyl (C=O) groups is 2. The van der Waals surface area contributed by atoms with Crippen LogP contribution in [0.1, 0.15) is 12.8 Å². The summed E-state index contributed by atoms with van der Waals surface area (Å²) in [6.45, 7) is 1.35. The van der Waals surface area contributed by atoms with Crippen LogP contribution in [-0.4, -0.2) is 36.9 Å². The summed E-state index contributed by atoms with van der Waals surface area (Å²) in [5.41, 5.74) is 0.591. The van der Waals surface area contributed by atoms with Gasteiger partial charge in [-0.1, -0.05) is 0 Å². The van der Waals surface area contributed by atoms with Crippen molar-refractivity contribution in [1.82, 2.24) is 4.90 Å². The first-order chi connectivity index (χ1) is 8.70. The van der Waals surface area contributed by atoms with E-state index in [4.69, 9.17) is 4.74 Å². The number of carbonyl (C=O) groups excluding carboxylic acids is 2. The fraction of sp³-hybridized carbons (Fsp3) is 0.385. The fourth-order valence-corrected chi connectivity index (χ4v) is 1.92. The zero-order chi connectivity index (χ0) is 13.0. The average molecular weight is 248 g/mol. The number of ether oxygens (including phenoxy) is 1. The van der Waals surface area contributed by atoms with E-state index in [0.717, 1.165) is 12.8 Å². The highest BCUT2D eigenvalue weighted by atomic mass is 16.5. The smallest absolute Gasteiger partial charge is 0.313 e. The van der Waals surface area contributed by atoms with Crippen molar-refractivity contribution in [3.63, 3.8) is 0 Å². The summed E-state index contributed by atoms with van der Waals surface area (Å²) in [6, 6.07) is 6.87. The number of nitrogens with zero attached hydrogens (tertiary/aromatic N) is 1. The second-order valence-corrected chi connectivity index (χ2v) is 4.18. The molecule has 5 heteroatoms. The lowest BCUT2D eigenvalue weighted by atomic mass is 10.3. The summed E-state index contributed by atoms with van der Waals surface area (Å²) in [5.74, 6) is -0.329. The van der Waals surface area contributed by atoms with Crippen molar-refractivity contribution in [2.24, 2.45) is 0 Å². The third kappa shape index (κ3) is 2.80. The van der Waals surface area contributed by atoms with Gasteiger partial charge in [-0.15, -0.1) is 0 Å². The highest BCUT2D eigenvalue weighted by molar-refractivity contribution is 6.39. The van der Waals surface area contributed by atoms with Crippen molar-refractivity contribution in [2.45, 2.75) is 12.8 Å². The number of methoxy groups -OCH3 is 1. The van der Waals surface area contributed by atoms with Gasteiger partial charge in [0.1, 0.15) is 5.75 Å². The topological polar surface area (TPSA) is 58.6 Å². The van der Waals surface area contributed by atoms with Crippen LogP contribution in [0.2, 0.25) is 0 Å². The third-order valence-electron chi connectivity index (χ3n) is 2.94. The highest BCUT2D eigenvalue weighted by Gasteiger charge is 2.24. The van der Waals surface area contributed by atoms with E-state index < -0.39 is 11.8 Å². The zero-order valence-corrected chi connectivity index (χ0v) is 10.3. The number of likely N-dealkylation sites (tertiary alicyclic amines) is 1. The Bertz CT molecular complexity index is 436. The number of amides is 2. The lowest BCUT2D eigenvalue weighted by molar-refractivity contribution is -0.142. The van der Waals surface area contributed by atoms with Gasteiger partial charge in [-0.3, -0.25) is 9.59 Å². The molecule has 0 saturated carbocycles. The predicted octanol–water partition coefficient (Wildman–Crippen LogP) is 1.26. The predicted molar refractivity (Wildman–Crippen MR) is 67.4 cm³/mol. The van der Waals surface area contributed by atoms with Crippen molar-refractivity contribution in [3.05, 3.63) is 24.3 Å². The molecule has 1 saturated heterocycles. The minimum atomic E-state index is -0.581. The molecule has 2 amide bonds. The van der Waals surface area contributed by atoms with Crippen LogP contribution in [0, 0.1) is 0 Å². The molecule has 1 aliphatic rings. The summed E-state index contributed by atoms with van der Waals surface area (Å²) in [5, 5.41) is 2.58. The summed E-state index contributed by atoms with van der Waals surface area (Å²) < 4.78 is 5.02. The Balaban J connectivity index is 1.95. The fourth-order valence-electron chi connectivity index (χ4n) is 1.92. The van der Waals surface area contributed by atoms with Gasteiger partial charge in [0.05, 0.1) is 7.11 Å². The number of anilines is 1. The maximum absolute atomic E-state index is 11.8. The maximum Gasteiger partial charge on any atom is 0.313 e. The molecule has 1 fully saturated rings. The first kappa shape index (κ1) is 12.4. The van der Waals surface area contributed by atoms with Crippen molar-refractivity contribution >= 4 is 17.5 Å². The molecule has 0 unspecified atom stereocenters. The lowest BCUT2D eigenvalue weighted by Gasteiger charge is -2.14. The van der Waals surface area contributed by atoms with Gasteiger partial charge in [-0.25, -0.2) is 0 Å². The normalized spacial score (nSPS) is 14.4. The summed E-state index contributed by atoms with van der Waals surface area (Å²) in [7, 11) is 1.57. The van der Waals surface area contributed by atoms with E-state index in [0.29, 0.717) is 24.5 Å². The van der Waals surface area contributed by atoms with Crippen LogP contribution in [0.25, 0.3) is 0 Å². The molecular formula is C13H16N2O3. The Morgan fingerprint density at radius 3 is 2.33 bits per heavy atom. The van der Waals surface area contributed by atoms with Gasteiger partial charge in [0.2, 0.25) is 0 Å². The van der Waals surface area contributed by atoms with E-state index in [9.17, 15) is 9.59 Å². The van der Waals surface area contributed by atoms with Gasteiger partial charge in [-0.2, -0.15) is 0 Å². The van der Waals surface area contributed by atoms with Crippen LogP contribution in [0.3, 0.4) is 0 Å². The van der Waals surface area contributed by atoms with Crippen molar-refractivity contribution < 1.29 is 14.3 Å². The Labute approximate surface area is 106 Å². The SMILES string of the molecule is COc1ccc(NC(=O)C(=O)N2CCCC2)cc1. The second kappa shape index (κ2) is 5.53. The molecule has 1 N–H and O–H groups in total. The first-order valence-electron chi connectivity index (χ1n) is 5.95. The van der Waals surface area contributed by atoms with Gasteiger partial charge >= 0.3 is 11.8 Å². The molecule has 0 bridgehead atoms. The number of rotatable bonds is 2. The summed E-state index contributed by atoms with van der Waals surface area (Å²) >= 11 is 0. The van der Waals surface area contributed by atoms with Crippen LogP contribution in [0.5, 0.6) is 5.75 Å². The Kier molecular flexibility index (Phi) is 3.82. The number of nitrogens with one attached hydrogen (secondary N) is 1. The molecule has 0 atom stereocenters. The van der Waals surface area contributed by atoms with E-state index in [1.165, 1.54) is 0 Å². The third-order valence-corrected chi connectivity index (χ3v) is 2.94. The molecule has 1 aromatic rings. The minimum Gasteiger partial charge on any atom is -0.497 e. The van der Waals surface area contributed by atoms with E-state index in [2.05, 4.69) is 5.32 Å². The van der Waals surface area contributed by atoms with Crippen molar-refractivity contribution in [3.8, 4) is 5.75 Å². The van der Waals surface area contributed by atoms with E-state index in [-0.39, 0.29) is 0 Å². The van der Waals surface area contributed by atoms with Gasteiger partial charge in [-0.05, 0) is 37.1 Å². The maximum atomic E-state index is 11.8. The van der Waals surface area contributed by atoms with Crippen LogP contribution in [0.4, 0.5) is 5.69 Å². The van der Waals surface area contributed by atoms with Gasteiger partial charge in [0.25, 0.3) is 0 Å². The van der Waals surface area contributed by atoms with Gasteiger partial charge in [0, 0.05) is 18.8 Å². The molecule has 5 nitrogen and oxygen atoms in total. The minimum absolute atomic E-state index is 0.455. The Morgan fingerprint density at radius 2 is 1.78 bits per heavy atom. The van der Waals surface area contributed by atoms with Crippen molar-refractivity contribution in [1.29, 1.82) is 0 Å². The highest BCUT2D eigenvalue weighted by Crippen LogP contribution is 2.15. The molecule has 18 heavy (non-hydrogen) atoms. The number of hydrogen-bond acceptors (Lipinski definition) is 3. The molecule has 1 aromatic carbocycles. The lowest BCUT2D eigenvalue weighted by Crippen LogP contribution is -2.37. The molecule has 1 aliphatic heterocycles. The van der Waals surface area contributed by atoms with E-state index >= 15 is 0 Å². The molecule has 2 rings (SSSR count). The monoisotopic (exact) mass is 248 g/mol. The largest absolute Gasteiger partial charge is 0.497 e. The molecule has 0 spiro atoms. The molecule has 1 heterocycles. The number of benzene rings is 1. The van der Waals surface area contributed by atoms with Crippen LogP contribution >= 0.6 is 0 Å².